The van der Waals surface area contributed by atoms with Gasteiger partial charge in [0.05, 0.1) is 6.04 Å². The molecule has 0 aliphatic carbocycles. The van der Waals surface area contributed by atoms with Gasteiger partial charge in [-0.1, -0.05) is 42.1 Å². The van der Waals surface area contributed by atoms with E-state index in [9.17, 15) is 0 Å². The molecule has 2 aliphatic heterocycles. The Labute approximate surface area is 119 Å². The number of benzene rings is 1. The maximum absolute atomic E-state index is 4.82. The van der Waals surface area contributed by atoms with Gasteiger partial charge in [0, 0.05) is 18.3 Å². The Kier molecular flexibility index (Phi) is 4.09. The Hall–Kier alpha value is -1.00. The van der Waals surface area contributed by atoms with Gasteiger partial charge in [-0.2, -0.15) is 0 Å². The number of amidine groups is 1. The highest BCUT2D eigenvalue weighted by atomic mass is 32.2. The summed E-state index contributed by atoms with van der Waals surface area (Å²) in [5.74, 6) is 1.11. The third-order valence-electron chi connectivity index (χ3n) is 3.75. The van der Waals surface area contributed by atoms with Crippen molar-refractivity contribution in [2.75, 3.05) is 25.9 Å². The second-order valence-corrected chi connectivity index (χ2v) is 6.49. The molecule has 1 saturated heterocycles. The Balaban J connectivity index is 1.53. The molecule has 1 N–H and O–H groups in total. The number of hydrogen-bond donors (Lipinski definition) is 1. The van der Waals surface area contributed by atoms with Gasteiger partial charge in [0.25, 0.3) is 0 Å². The van der Waals surface area contributed by atoms with Crippen molar-refractivity contribution >= 4 is 16.9 Å². The van der Waals surface area contributed by atoms with Gasteiger partial charge in [-0.3, -0.25) is 4.99 Å². The summed E-state index contributed by atoms with van der Waals surface area (Å²) in [6.45, 7) is 2.34. The predicted molar refractivity (Wildman–Crippen MR) is 82.9 cm³/mol. The minimum atomic E-state index is 0.439. The zero-order chi connectivity index (χ0) is 13.1. The maximum atomic E-state index is 4.82. The molecule has 19 heavy (non-hydrogen) atoms. The molecule has 0 bridgehead atoms. The van der Waals surface area contributed by atoms with Crippen LogP contribution in [-0.2, 0) is 6.42 Å². The van der Waals surface area contributed by atoms with Gasteiger partial charge in [-0.05, 0) is 32.0 Å². The molecule has 0 radical (unpaired) electrons. The summed E-state index contributed by atoms with van der Waals surface area (Å²) < 4.78 is 0. The lowest BCUT2D eigenvalue weighted by molar-refractivity contribution is 0.407. The van der Waals surface area contributed by atoms with Crippen molar-refractivity contribution in [1.29, 1.82) is 0 Å². The first kappa shape index (κ1) is 13.0. The molecule has 4 heteroatoms. The number of likely N-dealkylation sites (tertiary alicyclic amines) is 1. The van der Waals surface area contributed by atoms with Crippen LogP contribution < -0.4 is 5.32 Å². The molecule has 2 unspecified atom stereocenters. The van der Waals surface area contributed by atoms with Crippen molar-refractivity contribution in [3.8, 4) is 0 Å². The van der Waals surface area contributed by atoms with E-state index in [4.69, 9.17) is 4.99 Å². The van der Waals surface area contributed by atoms with Gasteiger partial charge in [-0.25, -0.2) is 0 Å². The standard InChI is InChI=1S/C15H21N3S/c1-18-8-7-13(10-18)16-15-17-14(11-19-15)9-12-5-3-2-4-6-12/h2-6,13-14H,7-11H2,1H3,(H,16,17). The molecule has 0 saturated carbocycles. The fourth-order valence-corrected chi connectivity index (χ4v) is 3.73. The van der Waals surface area contributed by atoms with Gasteiger partial charge < -0.3 is 10.2 Å². The summed E-state index contributed by atoms with van der Waals surface area (Å²) in [4.78, 5) is 7.20. The number of rotatable bonds is 3. The molecule has 2 aliphatic rings. The van der Waals surface area contributed by atoms with E-state index in [0.717, 1.165) is 23.9 Å². The fraction of sp³-hybridized carbons (Fsp3) is 0.533. The number of thioether (sulfide) groups is 1. The lowest BCUT2D eigenvalue weighted by Crippen LogP contribution is -2.34. The molecule has 2 atom stereocenters. The van der Waals surface area contributed by atoms with Crippen molar-refractivity contribution in [3.63, 3.8) is 0 Å². The van der Waals surface area contributed by atoms with Crippen molar-refractivity contribution in [2.45, 2.75) is 24.9 Å². The number of nitrogens with zero attached hydrogens (tertiary/aromatic N) is 2. The second-order valence-electron chi connectivity index (χ2n) is 5.48. The number of likely N-dealkylation sites (N-methyl/N-ethyl adjacent to an activating group) is 1. The van der Waals surface area contributed by atoms with Crippen LogP contribution in [0.4, 0.5) is 0 Å². The van der Waals surface area contributed by atoms with Crippen molar-refractivity contribution < 1.29 is 0 Å². The van der Waals surface area contributed by atoms with Crippen LogP contribution in [0.3, 0.4) is 0 Å². The molecular formula is C15H21N3S. The zero-order valence-corrected chi connectivity index (χ0v) is 12.2. The summed E-state index contributed by atoms with van der Waals surface area (Å²) in [5.41, 5.74) is 1.39. The highest BCUT2D eigenvalue weighted by Gasteiger charge is 2.24. The third-order valence-corrected chi connectivity index (χ3v) is 4.79. The van der Waals surface area contributed by atoms with E-state index >= 15 is 0 Å². The first-order chi connectivity index (χ1) is 9.29. The van der Waals surface area contributed by atoms with Gasteiger partial charge >= 0.3 is 0 Å². The molecule has 0 spiro atoms. The van der Waals surface area contributed by atoms with E-state index < -0.39 is 0 Å². The molecule has 1 aromatic rings. The van der Waals surface area contributed by atoms with E-state index in [1.807, 2.05) is 11.8 Å². The van der Waals surface area contributed by atoms with Crippen molar-refractivity contribution in [1.82, 2.24) is 10.2 Å². The van der Waals surface area contributed by atoms with Crippen LogP contribution in [0.1, 0.15) is 12.0 Å². The lowest BCUT2D eigenvalue weighted by Gasteiger charge is -2.12. The molecule has 0 aromatic heterocycles. The average molecular weight is 275 g/mol. The number of aliphatic imine (C=N–C) groups is 1. The van der Waals surface area contributed by atoms with Crippen LogP contribution in [0.2, 0.25) is 0 Å². The van der Waals surface area contributed by atoms with Crippen LogP contribution in [0.15, 0.2) is 35.3 Å². The summed E-state index contributed by atoms with van der Waals surface area (Å²) in [6, 6.07) is 11.7. The summed E-state index contributed by atoms with van der Waals surface area (Å²) >= 11 is 1.88. The molecule has 1 fully saturated rings. The summed E-state index contributed by atoms with van der Waals surface area (Å²) in [5, 5.41) is 4.75. The normalized spacial score (nSPS) is 27.5. The van der Waals surface area contributed by atoms with Gasteiger partial charge in [0.15, 0.2) is 5.17 Å². The molecule has 3 rings (SSSR count). The van der Waals surface area contributed by atoms with Crippen LogP contribution in [0, 0.1) is 0 Å². The smallest absolute Gasteiger partial charge is 0.157 e. The quantitative estimate of drug-likeness (QED) is 0.914. The summed E-state index contributed by atoms with van der Waals surface area (Å²) in [7, 11) is 2.18. The Morgan fingerprint density at radius 1 is 1.37 bits per heavy atom. The van der Waals surface area contributed by atoms with Crippen molar-refractivity contribution in [2.24, 2.45) is 4.99 Å². The number of nitrogens with one attached hydrogen (secondary N) is 1. The van der Waals surface area contributed by atoms with Crippen LogP contribution in [0.5, 0.6) is 0 Å². The molecule has 0 amide bonds. The van der Waals surface area contributed by atoms with Crippen LogP contribution >= 0.6 is 11.8 Å². The highest BCUT2D eigenvalue weighted by molar-refractivity contribution is 8.14. The maximum Gasteiger partial charge on any atom is 0.157 e. The Morgan fingerprint density at radius 2 is 2.21 bits per heavy atom. The molecule has 2 heterocycles. The van der Waals surface area contributed by atoms with Gasteiger partial charge in [-0.15, -0.1) is 0 Å². The van der Waals surface area contributed by atoms with E-state index in [1.165, 1.54) is 18.5 Å². The molecule has 1 aromatic carbocycles. The van der Waals surface area contributed by atoms with Crippen LogP contribution in [-0.4, -0.2) is 48.0 Å². The van der Waals surface area contributed by atoms with E-state index in [1.54, 1.807) is 0 Å². The largest absolute Gasteiger partial charge is 0.361 e. The lowest BCUT2D eigenvalue weighted by atomic mass is 10.1. The summed E-state index contributed by atoms with van der Waals surface area (Å²) in [6.07, 6.45) is 2.29. The fourth-order valence-electron chi connectivity index (χ4n) is 2.71. The van der Waals surface area contributed by atoms with Gasteiger partial charge in [0.2, 0.25) is 0 Å². The average Bonchev–Trinajstić information content (AvgIpc) is 3.01. The Morgan fingerprint density at radius 3 is 2.95 bits per heavy atom. The Bertz CT molecular complexity index is 446. The topological polar surface area (TPSA) is 27.6 Å². The van der Waals surface area contributed by atoms with E-state index in [2.05, 4.69) is 47.6 Å². The van der Waals surface area contributed by atoms with E-state index in [0.29, 0.717) is 12.1 Å². The van der Waals surface area contributed by atoms with Crippen LogP contribution in [0.25, 0.3) is 0 Å². The van der Waals surface area contributed by atoms with Crippen molar-refractivity contribution in [3.05, 3.63) is 35.9 Å². The first-order valence-corrected chi connectivity index (χ1v) is 7.98. The third kappa shape index (κ3) is 3.51. The van der Waals surface area contributed by atoms with E-state index in [-0.39, 0.29) is 0 Å². The highest BCUT2D eigenvalue weighted by Crippen LogP contribution is 2.21. The monoisotopic (exact) mass is 275 g/mol. The second kappa shape index (κ2) is 5.97. The molecule has 3 nitrogen and oxygen atoms in total. The predicted octanol–water partition coefficient (Wildman–Crippen LogP) is 1.99. The van der Waals surface area contributed by atoms with Gasteiger partial charge in [0.1, 0.15) is 0 Å². The zero-order valence-electron chi connectivity index (χ0n) is 11.4. The first-order valence-electron chi connectivity index (χ1n) is 6.99. The minimum absolute atomic E-state index is 0.439. The SMILES string of the molecule is CN1CCC(NC2=NC(Cc3ccccc3)CS2)C1. The molecular weight excluding hydrogens is 254 g/mol. The molecule has 102 valence electrons. The minimum Gasteiger partial charge on any atom is -0.361 e. The number of hydrogen-bond acceptors (Lipinski definition) is 4.